The van der Waals surface area contributed by atoms with E-state index in [1.54, 1.807) is 18.6 Å². The van der Waals surface area contributed by atoms with Gasteiger partial charge in [-0.2, -0.15) is 5.10 Å². The molecular weight excluding hydrogens is 323 g/mol. The molecule has 1 aliphatic heterocycles. The summed E-state index contributed by atoms with van der Waals surface area (Å²) >= 11 is 0. The van der Waals surface area contributed by atoms with Crippen LogP contribution in [-0.4, -0.2) is 37.9 Å². The number of nitrogens with zero attached hydrogens (tertiary/aromatic N) is 6. The molecule has 7 nitrogen and oxygen atoms in total. The Morgan fingerprint density at radius 2 is 2.04 bits per heavy atom. The summed E-state index contributed by atoms with van der Waals surface area (Å²) < 4.78 is 20.8. The average molecular weight is 340 g/mol. The third kappa shape index (κ3) is 3.42. The number of hydrogen-bond acceptors (Lipinski definition) is 6. The Bertz CT molecular complexity index is 823. The largest absolute Gasteiger partial charge is 0.492 e. The van der Waals surface area contributed by atoms with Gasteiger partial charge >= 0.3 is 0 Å². The van der Waals surface area contributed by atoms with Crippen LogP contribution in [0.3, 0.4) is 0 Å². The molecule has 0 N–H and O–H groups in total. The minimum absolute atomic E-state index is 0.129. The molecule has 0 saturated heterocycles. The number of halogens is 1. The van der Waals surface area contributed by atoms with Crippen LogP contribution in [0.2, 0.25) is 0 Å². The standard InChI is InChI=1S/C17H17FN6O/c18-13-8-20-17(21-9-13)23-11-14-3-6-22-24(14)15(12-23)4-7-25-16-2-1-5-19-10-16/h1-3,5-6,8-10,15H,4,7,11-12H2/t15-/m0/s1. The molecule has 0 fully saturated rings. The predicted octanol–water partition coefficient (Wildman–Crippen LogP) is 2.24. The van der Waals surface area contributed by atoms with Gasteiger partial charge in [-0.25, -0.2) is 14.4 Å². The second-order valence-corrected chi connectivity index (χ2v) is 5.83. The average Bonchev–Trinajstić information content (AvgIpc) is 3.12. The molecule has 0 unspecified atom stereocenters. The van der Waals surface area contributed by atoms with Crippen LogP contribution in [-0.2, 0) is 6.54 Å². The molecule has 0 saturated carbocycles. The van der Waals surface area contributed by atoms with E-state index in [2.05, 4.69) is 20.1 Å². The lowest BCUT2D eigenvalue weighted by molar-refractivity contribution is 0.260. The van der Waals surface area contributed by atoms with E-state index in [1.807, 2.05) is 27.8 Å². The quantitative estimate of drug-likeness (QED) is 0.709. The van der Waals surface area contributed by atoms with Gasteiger partial charge in [-0.1, -0.05) is 0 Å². The van der Waals surface area contributed by atoms with Gasteiger partial charge in [0.2, 0.25) is 5.95 Å². The zero-order valence-electron chi connectivity index (χ0n) is 13.5. The van der Waals surface area contributed by atoms with E-state index in [4.69, 9.17) is 4.74 Å². The molecule has 0 spiro atoms. The van der Waals surface area contributed by atoms with Crippen molar-refractivity contribution in [2.24, 2.45) is 0 Å². The van der Waals surface area contributed by atoms with Crippen LogP contribution in [0.1, 0.15) is 18.2 Å². The second kappa shape index (κ2) is 6.84. The van der Waals surface area contributed by atoms with Crippen molar-refractivity contribution >= 4 is 5.95 Å². The molecule has 1 aliphatic rings. The fraction of sp³-hybridized carbons (Fsp3) is 0.294. The van der Waals surface area contributed by atoms with Gasteiger partial charge in [0.25, 0.3) is 0 Å². The fourth-order valence-electron chi connectivity index (χ4n) is 2.97. The van der Waals surface area contributed by atoms with Crippen LogP contribution in [0.4, 0.5) is 10.3 Å². The first-order valence-corrected chi connectivity index (χ1v) is 8.07. The molecule has 0 aromatic carbocycles. The number of aromatic nitrogens is 5. The zero-order valence-corrected chi connectivity index (χ0v) is 13.5. The summed E-state index contributed by atoms with van der Waals surface area (Å²) in [6.45, 7) is 1.89. The highest BCUT2D eigenvalue weighted by molar-refractivity contribution is 5.32. The Morgan fingerprint density at radius 3 is 2.84 bits per heavy atom. The van der Waals surface area contributed by atoms with Crippen LogP contribution >= 0.6 is 0 Å². The summed E-state index contributed by atoms with van der Waals surface area (Å²) in [5, 5.41) is 4.43. The van der Waals surface area contributed by atoms with Crippen LogP contribution in [0.5, 0.6) is 5.75 Å². The summed E-state index contributed by atoms with van der Waals surface area (Å²) in [7, 11) is 0. The maximum atomic E-state index is 13.1. The van der Waals surface area contributed by atoms with Crippen molar-refractivity contribution in [3.63, 3.8) is 0 Å². The Morgan fingerprint density at radius 1 is 1.16 bits per heavy atom. The third-order valence-corrected chi connectivity index (χ3v) is 4.13. The lowest BCUT2D eigenvalue weighted by Gasteiger charge is -2.33. The van der Waals surface area contributed by atoms with Gasteiger partial charge in [0.05, 0.1) is 43.5 Å². The van der Waals surface area contributed by atoms with Crippen molar-refractivity contribution in [1.29, 1.82) is 0 Å². The van der Waals surface area contributed by atoms with Crippen LogP contribution < -0.4 is 9.64 Å². The van der Waals surface area contributed by atoms with Crippen molar-refractivity contribution in [3.05, 3.63) is 60.7 Å². The van der Waals surface area contributed by atoms with E-state index in [0.717, 1.165) is 17.9 Å². The molecule has 0 aliphatic carbocycles. The van der Waals surface area contributed by atoms with Crippen LogP contribution in [0, 0.1) is 5.82 Å². The molecule has 8 heteroatoms. The van der Waals surface area contributed by atoms with Gasteiger partial charge < -0.3 is 9.64 Å². The Hall–Kier alpha value is -3.03. The molecule has 25 heavy (non-hydrogen) atoms. The highest BCUT2D eigenvalue weighted by Crippen LogP contribution is 2.25. The maximum Gasteiger partial charge on any atom is 0.225 e. The van der Waals surface area contributed by atoms with Crippen molar-refractivity contribution in [1.82, 2.24) is 24.7 Å². The van der Waals surface area contributed by atoms with E-state index in [1.165, 1.54) is 12.4 Å². The smallest absolute Gasteiger partial charge is 0.225 e. The normalized spacial score (nSPS) is 16.5. The van der Waals surface area contributed by atoms with E-state index in [-0.39, 0.29) is 6.04 Å². The minimum Gasteiger partial charge on any atom is -0.492 e. The summed E-state index contributed by atoms with van der Waals surface area (Å²) in [4.78, 5) is 14.3. The molecule has 0 bridgehead atoms. The van der Waals surface area contributed by atoms with Gasteiger partial charge in [0.15, 0.2) is 5.82 Å². The molecular formula is C17H17FN6O. The molecule has 4 rings (SSSR count). The SMILES string of the molecule is Fc1cnc(N2Cc3ccnn3[C@@H](CCOc3cccnc3)C2)nc1. The minimum atomic E-state index is -0.438. The summed E-state index contributed by atoms with van der Waals surface area (Å²) in [6, 6.07) is 5.83. The van der Waals surface area contributed by atoms with Crippen molar-refractivity contribution in [2.75, 3.05) is 18.1 Å². The highest BCUT2D eigenvalue weighted by Gasteiger charge is 2.27. The molecule has 0 radical (unpaired) electrons. The number of pyridine rings is 1. The highest BCUT2D eigenvalue weighted by atomic mass is 19.1. The van der Waals surface area contributed by atoms with E-state index in [9.17, 15) is 4.39 Å². The molecule has 4 heterocycles. The van der Waals surface area contributed by atoms with Gasteiger partial charge in [-0.15, -0.1) is 0 Å². The lowest BCUT2D eigenvalue weighted by Crippen LogP contribution is -2.39. The summed E-state index contributed by atoms with van der Waals surface area (Å²) in [5.41, 5.74) is 1.07. The van der Waals surface area contributed by atoms with Crippen LogP contribution in [0.15, 0.2) is 49.2 Å². The number of rotatable bonds is 5. The lowest BCUT2D eigenvalue weighted by atomic mass is 10.1. The molecule has 3 aromatic heterocycles. The molecule has 128 valence electrons. The van der Waals surface area contributed by atoms with E-state index >= 15 is 0 Å². The van der Waals surface area contributed by atoms with E-state index < -0.39 is 5.82 Å². The molecule has 0 amide bonds. The zero-order chi connectivity index (χ0) is 17.1. The predicted molar refractivity (Wildman–Crippen MR) is 88.7 cm³/mol. The van der Waals surface area contributed by atoms with Gasteiger partial charge in [0.1, 0.15) is 5.75 Å². The van der Waals surface area contributed by atoms with Crippen molar-refractivity contribution in [2.45, 2.75) is 19.0 Å². The first-order chi connectivity index (χ1) is 12.3. The summed E-state index contributed by atoms with van der Waals surface area (Å²) in [6.07, 6.45) is 8.35. The number of fused-ring (bicyclic) bond motifs is 1. The summed E-state index contributed by atoms with van der Waals surface area (Å²) in [5.74, 6) is 0.831. The second-order valence-electron chi connectivity index (χ2n) is 5.83. The monoisotopic (exact) mass is 340 g/mol. The Kier molecular flexibility index (Phi) is 4.24. The van der Waals surface area contributed by atoms with Gasteiger partial charge in [-0.05, 0) is 18.2 Å². The van der Waals surface area contributed by atoms with Gasteiger partial charge in [0, 0.05) is 25.4 Å². The van der Waals surface area contributed by atoms with Crippen molar-refractivity contribution in [3.8, 4) is 5.75 Å². The first kappa shape index (κ1) is 15.5. The van der Waals surface area contributed by atoms with Crippen LogP contribution in [0.25, 0.3) is 0 Å². The first-order valence-electron chi connectivity index (χ1n) is 8.07. The Labute approximate surface area is 144 Å². The number of hydrogen-bond donors (Lipinski definition) is 0. The fourth-order valence-corrected chi connectivity index (χ4v) is 2.97. The number of anilines is 1. The Balaban J connectivity index is 1.46. The van der Waals surface area contributed by atoms with E-state index in [0.29, 0.717) is 25.6 Å². The number of ether oxygens (including phenoxy) is 1. The van der Waals surface area contributed by atoms with Gasteiger partial charge in [-0.3, -0.25) is 9.67 Å². The topological polar surface area (TPSA) is 69.0 Å². The van der Waals surface area contributed by atoms with Crippen molar-refractivity contribution < 1.29 is 9.13 Å². The molecule has 3 aromatic rings. The molecule has 1 atom stereocenters. The maximum absolute atomic E-state index is 13.1. The third-order valence-electron chi connectivity index (χ3n) is 4.13.